The van der Waals surface area contributed by atoms with E-state index < -0.39 is 0 Å². The predicted molar refractivity (Wildman–Crippen MR) is 93.5 cm³/mol. The fourth-order valence-electron chi connectivity index (χ4n) is 4.49. The highest BCUT2D eigenvalue weighted by Gasteiger charge is 2.60. The molecule has 0 radical (unpaired) electrons. The summed E-state index contributed by atoms with van der Waals surface area (Å²) in [5.41, 5.74) is 1.44. The van der Waals surface area contributed by atoms with Gasteiger partial charge in [-0.25, -0.2) is 0 Å². The van der Waals surface area contributed by atoms with Crippen LogP contribution in [0.5, 0.6) is 0 Å². The van der Waals surface area contributed by atoms with Gasteiger partial charge in [0.15, 0.2) is 0 Å². The number of amides is 1. The summed E-state index contributed by atoms with van der Waals surface area (Å²) >= 11 is 0. The van der Waals surface area contributed by atoms with Crippen molar-refractivity contribution in [1.29, 1.82) is 0 Å². The molecule has 2 nitrogen and oxygen atoms in total. The number of carbonyl (C=O) groups excluding carboxylic acids is 1. The Balaban J connectivity index is 2.03. The van der Waals surface area contributed by atoms with Gasteiger partial charge in [0.05, 0.1) is 5.92 Å². The Hall–Kier alpha value is -0.790. The topological polar surface area (TPSA) is 29.1 Å². The molecule has 0 unspecified atom stereocenters. The molecule has 2 rings (SSSR count). The molecule has 0 spiro atoms. The van der Waals surface area contributed by atoms with Crippen molar-refractivity contribution in [3.8, 4) is 0 Å². The molecule has 2 fully saturated rings. The quantitative estimate of drug-likeness (QED) is 0.743. The average Bonchev–Trinajstić information content (AvgIpc) is 2.89. The van der Waals surface area contributed by atoms with Gasteiger partial charge in [-0.3, -0.25) is 4.79 Å². The minimum Gasteiger partial charge on any atom is -0.353 e. The minimum atomic E-state index is 0.120. The summed E-state index contributed by atoms with van der Waals surface area (Å²) in [6.45, 7) is 15.6. The Morgan fingerprint density at radius 2 is 1.86 bits per heavy atom. The molecule has 5 atom stereocenters. The van der Waals surface area contributed by atoms with Crippen LogP contribution in [0.25, 0.3) is 0 Å². The Bertz CT molecular complexity index is 445. The maximum Gasteiger partial charge on any atom is 0.224 e. The Labute approximate surface area is 137 Å². The third-order valence-electron chi connectivity index (χ3n) is 6.06. The smallest absolute Gasteiger partial charge is 0.224 e. The van der Waals surface area contributed by atoms with Crippen LogP contribution in [0.1, 0.15) is 67.7 Å². The third kappa shape index (κ3) is 3.58. The van der Waals surface area contributed by atoms with E-state index in [4.69, 9.17) is 0 Å². The molecule has 0 aromatic heterocycles. The predicted octanol–water partition coefficient (Wildman–Crippen LogP) is 4.80. The fourth-order valence-corrected chi connectivity index (χ4v) is 4.49. The molecule has 1 N–H and O–H groups in total. The number of allylic oxidation sites excluding steroid dienone is 2. The van der Waals surface area contributed by atoms with Gasteiger partial charge in [0.25, 0.3) is 0 Å². The lowest BCUT2D eigenvalue weighted by atomic mass is 9.74. The van der Waals surface area contributed by atoms with Gasteiger partial charge in [-0.05, 0) is 55.8 Å². The first-order valence-corrected chi connectivity index (χ1v) is 9.10. The first-order valence-electron chi connectivity index (χ1n) is 9.10. The maximum atomic E-state index is 12.8. The number of hydrogen-bond donors (Lipinski definition) is 1. The van der Waals surface area contributed by atoms with Crippen LogP contribution >= 0.6 is 0 Å². The van der Waals surface area contributed by atoms with Gasteiger partial charge >= 0.3 is 0 Å². The molecular weight excluding hydrogens is 270 g/mol. The molecule has 0 aliphatic heterocycles. The Morgan fingerprint density at radius 3 is 2.41 bits per heavy atom. The van der Waals surface area contributed by atoms with Crippen LogP contribution in [0.4, 0.5) is 0 Å². The second kappa shape index (κ2) is 6.37. The van der Waals surface area contributed by atoms with E-state index in [0.717, 1.165) is 12.3 Å². The van der Waals surface area contributed by atoms with Crippen molar-refractivity contribution in [2.24, 2.45) is 35.0 Å². The highest BCUT2D eigenvalue weighted by atomic mass is 16.2. The number of nitrogens with one attached hydrogen (secondary N) is 1. The zero-order chi connectivity index (χ0) is 16.7. The summed E-state index contributed by atoms with van der Waals surface area (Å²) in [5.74, 6) is 2.89. The fraction of sp³-hybridized carbons (Fsp3) is 0.850. The molecule has 0 aromatic carbocycles. The maximum absolute atomic E-state index is 12.8. The summed E-state index contributed by atoms with van der Waals surface area (Å²) in [4.78, 5) is 12.8. The van der Waals surface area contributed by atoms with Crippen LogP contribution in [0, 0.1) is 35.0 Å². The van der Waals surface area contributed by atoms with Crippen LogP contribution in [0.2, 0.25) is 0 Å². The summed E-state index contributed by atoms with van der Waals surface area (Å²) in [6, 6.07) is 0.375. The zero-order valence-corrected chi connectivity index (χ0v) is 15.6. The van der Waals surface area contributed by atoms with E-state index in [0.29, 0.717) is 23.8 Å². The van der Waals surface area contributed by atoms with Crippen molar-refractivity contribution < 1.29 is 4.79 Å². The number of carbonyl (C=O) groups is 1. The first-order chi connectivity index (χ1) is 10.1. The van der Waals surface area contributed by atoms with Crippen LogP contribution in [-0.2, 0) is 4.79 Å². The second-order valence-electron chi connectivity index (χ2n) is 9.01. The lowest BCUT2D eigenvalue weighted by Crippen LogP contribution is -2.46. The van der Waals surface area contributed by atoms with E-state index in [1.165, 1.54) is 18.4 Å². The molecule has 0 saturated heterocycles. The zero-order valence-electron chi connectivity index (χ0n) is 15.6. The normalized spacial score (nSPS) is 36.8. The molecular formula is C20H35NO. The third-order valence-corrected chi connectivity index (χ3v) is 6.06. The summed E-state index contributed by atoms with van der Waals surface area (Å²) < 4.78 is 0. The summed E-state index contributed by atoms with van der Waals surface area (Å²) in [6.07, 6.45) is 6.00. The van der Waals surface area contributed by atoms with Crippen LogP contribution < -0.4 is 5.32 Å². The highest BCUT2D eigenvalue weighted by Crippen LogP contribution is 2.59. The van der Waals surface area contributed by atoms with Crippen LogP contribution in [0.3, 0.4) is 0 Å². The molecule has 22 heavy (non-hydrogen) atoms. The lowest BCUT2D eigenvalue weighted by molar-refractivity contribution is -0.124. The molecule has 2 aliphatic rings. The van der Waals surface area contributed by atoms with E-state index in [9.17, 15) is 4.79 Å². The number of rotatable bonds is 4. The molecule has 0 bridgehead atoms. The lowest BCUT2D eigenvalue weighted by Gasteiger charge is -2.38. The van der Waals surface area contributed by atoms with Crippen molar-refractivity contribution in [2.75, 3.05) is 0 Å². The molecule has 2 heteroatoms. The highest BCUT2D eigenvalue weighted by molar-refractivity contribution is 5.84. The number of hydrogen-bond acceptors (Lipinski definition) is 1. The molecule has 1 amide bonds. The van der Waals surface area contributed by atoms with Gasteiger partial charge < -0.3 is 5.32 Å². The van der Waals surface area contributed by atoms with Crippen LogP contribution in [-0.4, -0.2) is 11.9 Å². The average molecular weight is 306 g/mol. The van der Waals surface area contributed by atoms with E-state index >= 15 is 0 Å². The van der Waals surface area contributed by atoms with Gasteiger partial charge in [-0.2, -0.15) is 0 Å². The Morgan fingerprint density at radius 1 is 1.23 bits per heavy atom. The molecule has 2 aliphatic carbocycles. The van der Waals surface area contributed by atoms with E-state index in [1.54, 1.807) is 0 Å². The standard InChI is InChI=1S/C20H35NO/c1-12(2)10-16-18(20(16,6)7)19(22)21-17-11-14(5)8-9-15(17)13(3)4/h10,13-18H,8-9,11H2,1-7H3,(H,21,22)/t14-,15+,16+,17+,18-/m1/s1. The van der Waals surface area contributed by atoms with E-state index in [-0.39, 0.29) is 17.2 Å². The largest absolute Gasteiger partial charge is 0.353 e. The summed E-state index contributed by atoms with van der Waals surface area (Å²) in [5, 5.41) is 3.43. The van der Waals surface area contributed by atoms with Crippen molar-refractivity contribution in [2.45, 2.75) is 73.8 Å². The van der Waals surface area contributed by atoms with Crippen molar-refractivity contribution in [3.05, 3.63) is 11.6 Å². The minimum absolute atomic E-state index is 0.120. The van der Waals surface area contributed by atoms with Gasteiger partial charge in [-0.15, -0.1) is 0 Å². The molecule has 0 aromatic rings. The van der Waals surface area contributed by atoms with Gasteiger partial charge in [0.1, 0.15) is 0 Å². The van der Waals surface area contributed by atoms with Crippen LogP contribution in [0.15, 0.2) is 11.6 Å². The molecule has 126 valence electrons. The molecule has 0 heterocycles. The summed E-state index contributed by atoms with van der Waals surface area (Å²) in [7, 11) is 0. The van der Waals surface area contributed by atoms with Crippen molar-refractivity contribution in [3.63, 3.8) is 0 Å². The van der Waals surface area contributed by atoms with E-state index in [1.807, 2.05) is 0 Å². The van der Waals surface area contributed by atoms with Gasteiger partial charge in [0, 0.05) is 6.04 Å². The van der Waals surface area contributed by atoms with Crippen molar-refractivity contribution >= 4 is 5.91 Å². The van der Waals surface area contributed by atoms with Gasteiger partial charge in [-0.1, -0.05) is 52.7 Å². The SMILES string of the molecule is CC(C)=C[C@H]1[C@H](C(=O)N[C@H]2C[C@H](C)CC[C@H]2C(C)C)C1(C)C. The Kier molecular flexibility index (Phi) is 5.09. The van der Waals surface area contributed by atoms with E-state index in [2.05, 4.69) is 59.9 Å². The monoisotopic (exact) mass is 305 g/mol. The van der Waals surface area contributed by atoms with Crippen molar-refractivity contribution in [1.82, 2.24) is 5.32 Å². The first kappa shape index (κ1) is 17.6. The molecule has 2 saturated carbocycles. The van der Waals surface area contributed by atoms with Gasteiger partial charge in [0.2, 0.25) is 5.91 Å². The second-order valence-corrected chi connectivity index (χ2v) is 9.01.